The molecule has 0 spiro atoms. The van der Waals surface area contributed by atoms with Crippen molar-refractivity contribution < 1.29 is 19.1 Å². The normalized spacial score (nSPS) is 21.1. The molecule has 0 saturated heterocycles. The lowest BCUT2D eigenvalue weighted by Crippen LogP contribution is -2.31. The molecule has 2 atom stereocenters. The Morgan fingerprint density at radius 1 is 0.706 bits per heavy atom. The number of esters is 2. The first kappa shape index (κ1) is 31.0. The zero-order chi connectivity index (χ0) is 25.8. The summed E-state index contributed by atoms with van der Waals surface area (Å²) in [5, 5.41) is 0. The molecule has 0 aromatic heterocycles. The summed E-state index contributed by atoms with van der Waals surface area (Å²) in [6.07, 6.45) is 12.4. The number of ether oxygens (including phenoxy) is 2. The van der Waals surface area contributed by atoms with Gasteiger partial charge in [0.25, 0.3) is 0 Å². The smallest absolute Gasteiger partial charge is 0.308 e. The molecule has 4 nitrogen and oxygen atoms in total. The Hall–Kier alpha value is -1.06. The van der Waals surface area contributed by atoms with E-state index in [2.05, 4.69) is 55.4 Å². The van der Waals surface area contributed by atoms with Crippen molar-refractivity contribution in [2.75, 3.05) is 13.2 Å². The Morgan fingerprint density at radius 3 is 1.32 bits per heavy atom. The van der Waals surface area contributed by atoms with E-state index >= 15 is 0 Å². The van der Waals surface area contributed by atoms with Crippen LogP contribution in [0.1, 0.15) is 132 Å². The molecule has 1 fully saturated rings. The van der Waals surface area contributed by atoms with Gasteiger partial charge in [-0.3, -0.25) is 9.59 Å². The second-order valence-electron chi connectivity index (χ2n) is 12.9. The van der Waals surface area contributed by atoms with E-state index in [0.717, 1.165) is 50.4 Å². The Labute approximate surface area is 211 Å². The fourth-order valence-corrected chi connectivity index (χ4v) is 4.74. The maximum Gasteiger partial charge on any atom is 0.308 e. The molecular formula is C30H56O4. The van der Waals surface area contributed by atoms with Gasteiger partial charge in [-0.05, 0) is 61.2 Å². The molecule has 1 aliphatic carbocycles. The highest BCUT2D eigenvalue weighted by molar-refractivity contribution is 5.75. The molecule has 0 bridgehead atoms. The van der Waals surface area contributed by atoms with Crippen LogP contribution in [0.5, 0.6) is 0 Å². The highest BCUT2D eigenvalue weighted by Gasteiger charge is 2.33. The predicted octanol–water partition coefficient (Wildman–Crippen LogP) is 8.36. The predicted molar refractivity (Wildman–Crippen MR) is 142 cm³/mol. The van der Waals surface area contributed by atoms with Crippen LogP contribution >= 0.6 is 0 Å². The fraction of sp³-hybridized carbons (Fsp3) is 0.933. The third kappa shape index (κ3) is 12.6. The highest BCUT2D eigenvalue weighted by atomic mass is 16.5. The van der Waals surface area contributed by atoms with Crippen molar-refractivity contribution in [1.82, 2.24) is 0 Å². The van der Waals surface area contributed by atoms with Gasteiger partial charge in [-0.25, -0.2) is 0 Å². The van der Waals surface area contributed by atoms with Gasteiger partial charge in [-0.1, -0.05) is 93.9 Å². The van der Waals surface area contributed by atoms with Crippen molar-refractivity contribution in [3.63, 3.8) is 0 Å². The summed E-state index contributed by atoms with van der Waals surface area (Å²) in [5.74, 6) is 1.23. The van der Waals surface area contributed by atoms with Gasteiger partial charge in [0.15, 0.2) is 0 Å². The maximum absolute atomic E-state index is 12.6. The zero-order valence-electron chi connectivity index (χ0n) is 23.8. The van der Waals surface area contributed by atoms with E-state index < -0.39 is 0 Å². The number of carbonyl (C=O) groups is 2. The van der Waals surface area contributed by atoms with Crippen LogP contribution in [0.15, 0.2) is 0 Å². The number of rotatable bonds is 16. The Kier molecular flexibility index (Phi) is 13.8. The lowest BCUT2D eigenvalue weighted by Gasteiger charge is -2.30. The van der Waals surface area contributed by atoms with Gasteiger partial charge in [0.1, 0.15) is 0 Å². The SMILES string of the molecule is CCC(C)CCCC(C)(C)COC(=O)C1CCC(C(=O)OCC(C)(C)CCCC(C)CC)CC1. The van der Waals surface area contributed by atoms with Crippen molar-refractivity contribution in [2.24, 2.45) is 34.5 Å². The summed E-state index contributed by atoms with van der Waals surface area (Å²) >= 11 is 0. The van der Waals surface area contributed by atoms with Gasteiger partial charge in [0, 0.05) is 0 Å². The van der Waals surface area contributed by atoms with Crippen LogP contribution in [0.25, 0.3) is 0 Å². The average molecular weight is 481 g/mol. The summed E-state index contributed by atoms with van der Waals surface area (Å²) in [5.41, 5.74) is 0.0387. The second-order valence-corrected chi connectivity index (χ2v) is 12.9. The molecule has 0 N–H and O–H groups in total. The Balaban J connectivity index is 2.31. The largest absolute Gasteiger partial charge is 0.465 e. The van der Waals surface area contributed by atoms with Gasteiger partial charge in [0.2, 0.25) is 0 Å². The van der Waals surface area contributed by atoms with E-state index in [1.807, 2.05) is 0 Å². The van der Waals surface area contributed by atoms with Crippen LogP contribution in [0.2, 0.25) is 0 Å². The van der Waals surface area contributed by atoms with Crippen molar-refractivity contribution in [2.45, 2.75) is 132 Å². The lowest BCUT2D eigenvalue weighted by molar-refractivity contribution is -0.158. The molecular weight excluding hydrogens is 424 g/mol. The van der Waals surface area contributed by atoms with Crippen LogP contribution in [0.4, 0.5) is 0 Å². The number of hydrogen-bond donors (Lipinski definition) is 0. The summed E-state index contributed by atoms with van der Waals surface area (Å²) in [4.78, 5) is 25.3. The van der Waals surface area contributed by atoms with E-state index in [4.69, 9.17) is 9.47 Å². The van der Waals surface area contributed by atoms with Gasteiger partial charge in [-0.2, -0.15) is 0 Å². The second kappa shape index (κ2) is 15.1. The summed E-state index contributed by atoms with van der Waals surface area (Å²) in [6, 6.07) is 0. The lowest BCUT2D eigenvalue weighted by atomic mass is 9.81. The van der Waals surface area contributed by atoms with Gasteiger partial charge in [0.05, 0.1) is 25.0 Å². The minimum Gasteiger partial charge on any atom is -0.465 e. The average Bonchev–Trinajstić information content (AvgIpc) is 2.80. The monoisotopic (exact) mass is 480 g/mol. The first-order valence-corrected chi connectivity index (χ1v) is 14.2. The first-order chi connectivity index (χ1) is 15.9. The van der Waals surface area contributed by atoms with Gasteiger partial charge >= 0.3 is 11.9 Å². The molecule has 2 unspecified atom stereocenters. The molecule has 1 rings (SSSR count). The van der Waals surface area contributed by atoms with Crippen molar-refractivity contribution in [3.05, 3.63) is 0 Å². The topological polar surface area (TPSA) is 52.6 Å². The van der Waals surface area contributed by atoms with E-state index in [9.17, 15) is 9.59 Å². The zero-order valence-corrected chi connectivity index (χ0v) is 23.8. The standard InChI is InChI=1S/C30H56O4/c1-9-23(3)13-11-19-29(5,6)21-33-27(31)25-15-17-26(18-16-25)28(32)34-22-30(7,8)20-12-14-24(4)10-2/h23-26H,9-22H2,1-8H3. The molecule has 1 saturated carbocycles. The first-order valence-electron chi connectivity index (χ1n) is 14.2. The van der Waals surface area contributed by atoms with Crippen LogP contribution in [0.3, 0.4) is 0 Å². The molecule has 34 heavy (non-hydrogen) atoms. The third-order valence-corrected chi connectivity index (χ3v) is 8.10. The molecule has 4 heteroatoms. The van der Waals surface area contributed by atoms with Crippen LogP contribution < -0.4 is 0 Å². The summed E-state index contributed by atoms with van der Waals surface area (Å²) in [6.45, 7) is 18.8. The van der Waals surface area contributed by atoms with E-state index in [1.54, 1.807) is 0 Å². The minimum atomic E-state index is -0.0794. The molecule has 200 valence electrons. The van der Waals surface area contributed by atoms with Crippen LogP contribution in [0, 0.1) is 34.5 Å². The van der Waals surface area contributed by atoms with Gasteiger partial charge < -0.3 is 9.47 Å². The fourth-order valence-electron chi connectivity index (χ4n) is 4.74. The van der Waals surface area contributed by atoms with Crippen LogP contribution in [-0.4, -0.2) is 25.2 Å². The van der Waals surface area contributed by atoms with Crippen molar-refractivity contribution in [3.8, 4) is 0 Å². The molecule has 1 aliphatic rings. The highest BCUT2D eigenvalue weighted by Crippen LogP contribution is 2.33. The van der Waals surface area contributed by atoms with Crippen LogP contribution in [-0.2, 0) is 19.1 Å². The summed E-state index contributed by atoms with van der Waals surface area (Å²) in [7, 11) is 0. The minimum absolute atomic E-state index is 0.0194. The quantitative estimate of drug-likeness (QED) is 0.208. The van der Waals surface area contributed by atoms with E-state index in [0.29, 0.717) is 13.2 Å². The maximum atomic E-state index is 12.6. The molecule has 0 aromatic carbocycles. The molecule has 0 aromatic rings. The van der Waals surface area contributed by atoms with E-state index in [-0.39, 0.29) is 34.6 Å². The van der Waals surface area contributed by atoms with Gasteiger partial charge in [-0.15, -0.1) is 0 Å². The Morgan fingerprint density at radius 2 is 1.03 bits per heavy atom. The number of hydrogen-bond acceptors (Lipinski definition) is 4. The molecule has 0 heterocycles. The van der Waals surface area contributed by atoms with Crippen molar-refractivity contribution >= 4 is 11.9 Å². The molecule has 0 aliphatic heterocycles. The number of carbonyl (C=O) groups excluding carboxylic acids is 2. The van der Waals surface area contributed by atoms with E-state index in [1.165, 1.54) is 38.5 Å². The molecule has 0 amide bonds. The molecule has 0 radical (unpaired) electrons. The third-order valence-electron chi connectivity index (χ3n) is 8.10. The Bertz CT molecular complexity index is 535. The summed E-state index contributed by atoms with van der Waals surface area (Å²) < 4.78 is 11.5. The van der Waals surface area contributed by atoms with Crippen molar-refractivity contribution in [1.29, 1.82) is 0 Å².